The minimum Gasteiger partial charge on any atom is -0.497 e. The predicted octanol–water partition coefficient (Wildman–Crippen LogP) is 2.36. The summed E-state index contributed by atoms with van der Waals surface area (Å²) in [5.74, 6) is 0.825. The quantitative estimate of drug-likeness (QED) is 0.742. The molecule has 0 bridgehead atoms. The van der Waals surface area contributed by atoms with E-state index in [9.17, 15) is 0 Å². The number of hydrogen-bond acceptors (Lipinski definition) is 2. The first-order valence-corrected chi connectivity index (χ1v) is 4.56. The first-order valence-electron chi connectivity index (χ1n) is 4.56. The summed E-state index contributed by atoms with van der Waals surface area (Å²) in [4.78, 5) is 0. The largest absolute Gasteiger partial charge is 0.497 e. The lowest BCUT2D eigenvalue weighted by Gasteiger charge is -2.03. The zero-order valence-corrected chi connectivity index (χ0v) is 8.34. The molecule has 0 aliphatic carbocycles. The van der Waals surface area contributed by atoms with Crippen LogP contribution in [0.3, 0.4) is 0 Å². The number of ether oxygens (including phenoxy) is 1. The molecular weight excluding hydrogens is 188 g/mol. The van der Waals surface area contributed by atoms with Gasteiger partial charge in [0.1, 0.15) is 11.8 Å². The maximum atomic E-state index is 8.70. The van der Waals surface area contributed by atoms with E-state index in [0.29, 0.717) is 5.56 Å². The van der Waals surface area contributed by atoms with E-state index in [-0.39, 0.29) is 0 Å². The molecule has 1 aromatic heterocycles. The molecule has 0 atom stereocenters. The minimum atomic E-state index is 0.658. The van der Waals surface area contributed by atoms with Crippen LogP contribution in [0.2, 0.25) is 0 Å². The van der Waals surface area contributed by atoms with Crippen LogP contribution in [0.25, 0.3) is 5.69 Å². The van der Waals surface area contributed by atoms with Crippen molar-refractivity contribution in [1.82, 2.24) is 4.57 Å². The second-order valence-electron chi connectivity index (χ2n) is 3.12. The molecule has 1 heterocycles. The van der Waals surface area contributed by atoms with Crippen molar-refractivity contribution in [3.8, 4) is 17.5 Å². The van der Waals surface area contributed by atoms with Crippen LogP contribution in [0.4, 0.5) is 0 Å². The first-order chi connectivity index (χ1) is 7.33. The average Bonchev–Trinajstić information content (AvgIpc) is 2.78. The maximum absolute atomic E-state index is 8.70. The molecule has 2 aromatic rings. The van der Waals surface area contributed by atoms with Gasteiger partial charge < -0.3 is 9.30 Å². The van der Waals surface area contributed by atoms with Gasteiger partial charge in [0.2, 0.25) is 0 Å². The Morgan fingerprint density at radius 1 is 1.20 bits per heavy atom. The molecule has 0 spiro atoms. The highest BCUT2D eigenvalue weighted by Gasteiger charge is 1.98. The van der Waals surface area contributed by atoms with Crippen molar-refractivity contribution in [3.05, 3.63) is 48.3 Å². The Morgan fingerprint density at radius 3 is 2.47 bits per heavy atom. The zero-order valence-electron chi connectivity index (χ0n) is 8.34. The van der Waals surface area contributed by atoms with E-state index in [1.807, 2.05) is 35.0 Å². The molecule has 3 heteroatoms. The van der Waals surface area contributed by atoms with Gasteiger partial charge in [-0.3, -0.25) is 0 Å². The molecule has 0 aliphatic heterocycles. The van der Waals surface area contributed by atoms with Crippen LogP contribution in [0.5, 0.6) is 5.75 Å². The van der Waals surface area contributed by atoms with Gasteiger partial charge in [-0.2, -0.15) is 5.26 Å². The molecular formula is C12H10N2O. The van der Waals surface area contributed by atoms with Crippen molar-refractivity contribution in [1.29, 1.82) is 5.26 Å². The summed E-state index contributed by atoms with van der Waals surface area (Å²) in [6.07, 6.45) is 3.65. The summed E-state index contributed by atoms with van der Waals surface area (Å²) in [6, 6.07) is 11.5. The lowest BCUT2D eigenvalue weighted by atomic mass is 10.3. The molecule has 2 rings (SSSR count). The van der Waals surface area contributed by atoms with Gasteiger partial charge in [0.15, 0.2) is 0 Å². The van der Waals surface area contributed by atoms with Crippen molar-refractivity contribution in [2.24, 2.45) is 0 Å². The number of aromatic nitrogens is 1. The number of benzene rings is 1. The fourth-order valence-electron chi connectivity index (χ4n) is 1.38. The van der Waals surface area contributed by atoms with Crippen LogP contribution in [-0.2, 0) is 0 Å². The Morgan fingerprint density at radius 2 is 1.93 bits per heavy atom. The Bertz CT molecular complexity index is 491. The van der Waals surface area contributed by atoms with E-state index >= 15 is 0 Å². The fourth-order valence-corrected chi connectivity index (χ4v) is 1.38. The molecule has 15 heavy (non-hydrogen) atoms. The third-order valence-corrected chi connectivity index (χ3v) is 2.19. The number of rotatable bonds is 2. The lowest BCUT2D eigenvalue weighted by Crippen LogP contribution is -1.89. The Balaban J connectivity index is 2.33. The summed E-state index contributed by atoms with van der Waals surface area (Å²) in [5, 5.41) is 8.70. The second-order valence-corrected chi connectivity index (χ2v) is 3.12. The van der Waals surface area contributed by atoms with Crippen molar-refractivity contribution in [2.75, 3.05) is 7.11 Å². The topological polar surface area (TPSA) is 38.0 Å². The average molecular weight is 198 g/mol. The van der Waals surface area contributed by atoms with Crippen molar-refractivity contribution in [2.45, 2.75) is 0 Å². The van der Waals surface area contributed by atoms with E-state index in [1.165, 1.54) is 0 Å². The SMILES string of the molecule is COc1ccc(-n2ccc(C#N)c2)cc1. The molecule has 0 aliphatic rings. The second kappa shape index (κ2) is 3.89. The van der Waals surface area contributed by atoms with Crippen LogP contribution in [0, 0.1) is 11.3 Å². The fraction of sp³-hybridized carbons (Fsp3) is 0.0833. The predicted molar refractivity (Wildman–Crippen MR) is 57.0 cm³/mol. The van der Waals surface area contributed by atoms with E-state index in [0.717, 1.165) is 11.4 Å². The molecule has 0 N–H and O–H groups in total. The van der Waals surface area contributed by atoms with Crippen molar-refractivity contribution in [3.63, 3.8) is 0 Å². The number of nitrogens with zero attached hydrogens (tertiary/aromatic N) is 2. The highest BCUT2D eigenvalue weighted by molar-refractivity contribution is 5.40. The van der Waals surface area contributed by atoms with E-state index < -0.39 is 0 Å². The number of methoxy groups -OCH3 is 1. The molecule has 0 saturated carbocycles. The van der Waals surface area contributed by atoms with Crippen LogP contribution >= 0.6 is 0 Å². The van der Waals surface area contributed by atoms with Crippen LogP contribution in [-0.4, -0.2) is 11.7 Å². The molecule has 0 fully saturated rings. The highest BCUT2D eigenvalue weighted by Crippen LogP contribution is 2.15. The minimum absolute atomic E-state index is 0.658. The molecule has 1 aromatic carbocycles. The van der Waals surface area contributed by atoms with Gasteiger partial charge >= 0.3 is 0 Å². The third kappa shape index (κ3) is 1.84. The summed E-state index contributed by atoms with van der Waals surface area (Å²) >= 11 is 0. The van der Waals surface area contributed by atoms with Gasteiger partial charge in [0.25, 0.3) is 0 Å². The third-order valence-electron chi connectivity index (χ3n) is 2.19. The van der Waals surface area contributed by atoms with Gasteiger partial charge in [-0.1, -0.05) is 0 Å². The highest BCUT2D eigenvalue weighted by atomic mass is 16.5. The Hall–Kier alpha value is -2.21. The summed E-state index contributed by atoms with van der Waals surface area (Å²) in [7, 11) is 1.64. The van der Waals surface area contributed by atoms with Gasteiger partial charge in [-0.25, -0.2) is 0 Å². The summed E-state index contributed by atoms with van der Waals surface area (Å²) < 4.78 is 6.97. The number of hydrogen-bond donors (Lipinski definition) is 0. The normalized spacial score (nSPS) is 9.60. The smallest absolute Gasteiger partial charge is 0.119 e. The molecule has 0 radical (unpaired) electrons. The summed E-state index contributed by atoms with van der Waals surface area (Å²) in [6.45, 7) is 0. The van der Waals surface area contributed by atoms with E-state index in [1.54, 1.807) is 19.4 Å². The Kier molecular flexibility index (Phi) is 2.42. The molecule has 3 nitrogen and oxygen atoms in total. The van der Waals surface area contributed by atoms with Gasteiger partial charge in [0.05, 0.1) is 12.7 Å². The van der Waals surface area contributed by atoms with Crippen molar-refractivity contribution >= 4 is 0 Å². The molecule has 74 valence electrons. The van der Waals surface area contributed by atoms with Crippen molar-refractivity contribution < 1.29 is 4.74 Å². The van der Waals surface area contributed by atoms with Crippen LogP contribution in [0.1, 0.15) is 5.56 Å². The monoisotopic (exact) mass is 198 g/mol. The Labute approximate surface area is 88.1 Å². The number of nitriles is 1. The van der Waals surface area contributed by atoms with Gasteiger partial charge in [0, 0.05) is 18.1 Å². The van der Waals surface area contributed by atoms with Gasteiger partial charge in [-0.15, -0.1) is 0 Å². The maximum Gasteiger partial charge on any atom is 0.119 e. The van der Waals surface area contributed by atoms with E-state index in [2.05, 4.69) is 6.07 Å². The lowest BCUT2D eigenvalue weighted by molar-refractivity contribution is 0.415. The van der Waals surface area contributed by atoms with Gasteiger partial charge in [-0.05, 0) is 30.3 Å². The molecule has 0 unspecified atom stereocenters. The van der Waals surface area contributed by atoms with Crippen LogP contribution < -0.4 is 4.74 Å². The van der Waals surface area contributed by atoms with E-state index in [4.69, 9.17) is 10.00 Å². The zero-order chi connectivity index (χ0) is 10.7. The van der Waals surface area contributed by atoms with Crippen LogP contribution in [0.15, 0.2) is 42.7 Å². The summed E-state index contributed by atoms with van der Waals surface area (Å²) in [5.41, 5.74) is 1.67. The standard InChI is InChI=1S/C12H10N2O/c1-15-12-4-2-11(3-5-12)14-7-6-10(8-13)9-14/h2-7,9H,1H3. The first kappa shape index (κ1) is 9.35. The molecule has 0 amide bonds. The molecule has 0 saturated heterocycles.